The molecule has 2 aromatic carbocycles. The van der Waals surface area contributed by atoms with Crippen LogP contribution in [0.15, 0.2) is 47.8 Å². The van der Waals surface area contributed by atoms with Gasteiger partial charge in [0, 0.05) is 45.7 Å². The number of anilines is 1. The fourth-order valence-electron chi connectivity index (χ4n) is 5.10. The highest BCUT2D eigenvalue weighted by atomic mass is 35.5. The number of halogens is 1. The van der Waals surface area contributed by atoms with Crippen LogP contribution in [0.2, 0.25) is 5.02 Å². The summed E-state index contributed by atoms with van der Waals surface area (Å²) in [5, 5.41) is 5.54. The van der Waals surface area contributed by atoms with Crippen molar-refractivity contribution >= 4 is 39.0 Å². The van der Waals surface area contributed by atoms with Crippen LogP contribution in [-0.4, -0.2) is 16.1 Å². The minimum absolute atomic E-state index is 0.435. The fourth-order valence-corrected chi connectivity index (χ4v) is 6.13. The molecule has 0 saturated carbocycles. The first-order valence-corrected chi connectivity index (χ1v) is 11.5. The van der Waals surface area contributed by atoms with Gasteiger partial charge in [-0.2, -0.15) is 0 Å². The SMILES string of the molecule is Cc1ccc2c(c1)c1c3n2CCN(c2nc(-c4ccc(Cl)cc4)cs2)[C@@H]3CCC1. The Morgan fingerprint density at radius 3 is 2.83 bits per heavy atom. The fraction of sp³-hybridized carbons (Fsp3) is 0.292. The van der Waals surface area contributed by atoms with Gasteiger partial charge in [-0.25, -0.2) is 4.98 Å². The van der Waals surface area contributed by atoms with Crippen molar-refractivity contribution in [3.8, 4) is 11.3 Å². The van der Waals surface area contributed by atoms with E-state index in [1.807, 2.05) is 12.1 Å². The number of thiazole rings is 1. The van der Waals surface area contributed by atoms with Gasteiger partial charge in [0.05, 0.1) is 11.7 Å². The van der Waals surface area contributed by atoms with Gasteiger partial charge in [-0.3, -0.25) is 0 Å². The van der Waals surface area contributed by atoms with Gasteiger partial charge in [0.25, 0.3) is 0 Å². The van der Waals surface area contributed by atoms with Crippen LogP contribution in [0.1, 0.15) is 35.7 Å². The summed E-state index contributed by atoms with van der Waals surface area (Å²) < 4.78 is 2.58. The Morgan fingerprint density at radius 2 is 1.97 bits per heavy atom. The predicted molar refractivity (Wildman–Crippen MR) is 122 cm³/mol. The smallest absolute Gasteiger partial charge is 0.186 e. The van der Waals surface area contributed by atoms with Gasteiger partial charge in [0.15, 0.2) is 5.13 Å². The van der Waals surface area contributed by atoms with Crippen molar-refractivity contribution in [2.24, 2.45) is 0 Å². The molecule has 0 saturated heterocycles. The number of aromatic nitrogens is 2. The number of rotatable bonds is 2. The van der Waals surface area contributed by atoms with Gasteiger partial charge in [-0.05, 0) is 56.0 Å². The highest BCUT2D eigenvalue weighted by Gasteiger charge is 2.36. The standard InChI is InChI=1S/C24H22ClN3S/c1-15-5-10-21-19(13-15)18-3-2-4-22-23(18)27(21)11-12-28(22)24-26-20(14-29-24)16-6-8-17(25)9-7-16/h5-10,13-14,22H,2-4,11-12H2,1H3/t22-/m1/s1. The summed E-state index contributed by atoms with van der Waals surface area (Å²) in [6, 6.07) is 15.4. The number of aryl methyl sites for hydroxylation is 2. The van der Waals surface area contributed by atoms with Crippen LogP contribution in [0.4, 0.5) is 5.13 Å². The topological polar surface area (TPSA) is 21.1 Å². The molecule has 0 bridgehead atoms. The molecule has 1 aliphatic heterocycles. The number of nitrogens with zero attached hydrogens (tertiary/aromatic N) is 3. The van der Waals surface area contributed by atoms with Crippen molar-refractivity contribution in [1.82, 2.24) is 9.55 Å². The minimum Gasteiger partial charge on any atom is -0.341 e. The van der Waals surface area contributed by atoms with E-state index in [1.165, 1.54) is 41.4 Å². The number of hydrogen-bond acceptors (Lipinski definition) is 3. The molecule has 2 aliphatic rings. The summed E-state index contributed by atoms with van der Waals surface area (Å²) in [5.41, 5.74) is 8.03. The normalized spacial score (nSPS) is 18.3. The Morgan fingerprint density at radius 1 is 1.10 bits per heavy atom. The maximum atomic E-state index is 6.05. The van der Waals surface area contributed by atoms with Crippen molar-refractivity contribution in [2.75, 3.05) is 11.4 Å². The van der Waals surface area contributed by atoms with E-state index in [0.29, 0.717) is 6.04 Å². The molecule has 0 spiro atoms. The van der Waals surface area contributed by atoms with E-state index in [4.69, 9.17) is 16.6 Å². The van der Waals surface area contributed by atoms with Crippen LogP contribution >= 0.6 is 22.9 Å². The van der Waals surface area contributed by atoms with Gasteiger partial charge in [-0.15, -0.1) is 11.3 Å². The highest BCUT2D eigenvalue weighted by Crippen LogP contribution is 2.45. The highest BCUT2D eigenvalue weighted by molar-refractivity contribution is 7.14. The zero-order valence-corrected chi connectivity index (χ0v) is 17.9. The molecule has 1 aliphatic carbocycles. The third-order valence-corrected chi connectivity index (χ3v) is 7.54. The second-order valence-corrected chi connectivity index (χ2v) is 9.43. The molecule has 1 atom stereocenters. The summed E-state index contributed by atoms with van der Waals surface area (Å²) in [4.78, 5) is 7.57. The van der Waals surface area contributed by atoms with Crippen LogP contribution < -0.4 is 4.90 Å². The quantitative estimate of drug-likeness (QED) is 0.363. The molecule has 0 radical (unpaired) electrons. The molecule has 0 fully saturated rings. The van der Waals surface area contributed by atoms with E-state index in [1.54, 1.807) is 16.9 Å². The third kappa shape index (κ3) is 2.73. The van der Waals surface area contributed by atoms with Gasteiger partial charge >= 0.3 is 0 Å². The summed E-state index contributed by atoms with van der Waals surface area (Å²) in [5.74, 6) is 0. The van der Waals surface area contributed by atoms with Gasteiger partial charge in [-0.1, -0.05) is 35.4 Å². The molecule has 29 heavy (non-hydrogen) atoms. The lowest BCUT2D eigenvalue weighted by Gasteiger charge is -2.39. The largest absolute Gasteiger partial charge is 0.341 e. The molecule has 0 N–H and O–H groups in total. The maximum Gasteiger partial charge on any atom is 0.186 e. The van der Waals surface area contributed by atoms with Crippen molar-refractivity contribution in [2.45, 2.75) is 38.8 Å². The Hall–Kier alpha value is -2.30. The number of fused-ring (bicyclic) bond motifs is 3. The average Bonchev–Trinajstić information content (AvgIpc) is 3.34. The molecule has 5 heteroatoms. The second kappa shape index (κ2) is 6.61. The Bertz CT molecular complexity index is 1220. The third-order valence-electron chi connectivity index (χ3n) is 6.41. The number of benzene rings is 2. The molecule has 3 heterocycles. The van der Waals surface area contributed by atoms with Crippen LogP contribution in [0, 0.1) is 6.92 Å². The zero-order valence-electron chi connectivity index (χ0n) is 16.4. The van der Waals surface area contributed by atoms with Crippen molar-refractivity contribution in [1.29, 1.82) is 0 Å². The molecule has 2 aromatic heterocycles. The molecular weight excluding hydrogens is 398 g/mol. The molecule has 146 valence electrons. The Kier molecular flexibility index (Phi) is 4.00. The monoisotopic (exact) mass is 419 g/mol. The Balaban J connectivity index is 1.42. The summed E-state index contributed by atoms with van der Waals surface area (Å²) in [7, 11) is 0. The average molecular weight is 420 g/mol. The molecule has 4 aromatic rings. The lowest BCUT2D eigenvalue weighted by molar-refractivity contribution is 0.437. The van der Waals surface area contributed by atoms with Crippen molar-refractivity contribution in [3.63, 3.8) is 0 Å². The van der Waals surface area contributed by atoms with Crippen LogP contribution in [0.5, 0.6) is 0 Å². The van der Waals surface area contributed by atoms with Crippen LogP contribution in [-0.2, 0) is 13.0 Å². The van der Waals surface area contributed by atoms with E-state index < -0.39 is 0 Å². The van der Waals surface area contributed by atoms with Gasteiger partial charge in [0.2, 0.25) is 0 Å². The number of hydrogen-bond donors (Lipinski definition) is 0. The lowest BCUT2D eigenvalue weighted by Crippen LogP contribution is -2.39. The van der Waals surface area contributed by atoms with Crippen LogP contribution in [0.25, 0.3) is 22.2 Å². The molecule has 0 amide bonds. The second-order valence-electron chi connectivity index (χ2n) is 8.16. The van der Waals surface area contributed by atoms with Gasteiger partial charge in [0.1, 0.15) is 0 Å². The first-order valence-electron chi connectivity index (χ1n) is 10.3. The van der Waals surface area contributed by atoms with E-state index in [9.17, 15) is 0 Å². The molecular formula is C24H22ClN3S. The van der Waals surface area contributed by atoms with Crippen molar-refractivity contribution in [3.05, 3.63) is 69.7 Å². The first kappa shape index (κ1) is 17.5. The molecule has 3 nitrogen and oxygen atoms in total. The van der Waals surface area contributed by atoms with Crippen LogP contribution in [0.3, 0.4) is 0 Å². The molecule has 0 unspecified atom stereocenters. The van der Waals surface area contributed by atoms with E-state index in [-0.39, 0.29) is 0 Å². The summed E-state index contributed by atoms with van der Waals surface area (Å²) in [6.45, 7) is 4.24. The Labute approximate surface area is 179 Å². The minimum atomic E-state index is 0.435. The van der Waals surface area contributed by atoms with Crippen molar-refractivity contribution < 1.29 is 0 Å². The van der Waals surface area contributed by atoms with Gasteiger partial charge < -0.3 is 9.47 Å². The summed E-state index contributed by atoms with van der Waals surface area (Å²) >= 11 is 7.81. The summed E-state index contributed by atoms with van der Waals surface area (Å²) in [6.07, 6.45) is 3.65. The van der Waals surface area contributed by atoms with E-state index >= 15 is 0 Å². The molecule has 6 rings (SSSR count). The lowest BCUT2D eigenvalue weighted by atomic mass is 9.90. The predicted octanol–water partition coefficient (Wildman–Crippen LogP) is 6.62. The zero-order chi connectivity index (χ0) is 19.5. The van der Waals surface area contributed by atoms with E-state index in [2.05, 4.69) is 52.1 Å². The van der Waals surface area contributed by atoms with E-state index in [0.717, 1.165) is 34.5 Å². The first-order chi connectivity index (χ1) is 14.2. The maximum absolute atomic E-state index is 6.05.